The van der Waals surface area contributed by atoms with E-state index in [4.69, 9.17) is 23.1 Å². The summed E-state index contributed by atoms with van der Waals surface area (Å²) < 4.78 is 0. The zero-order valence-corrected chi connectivity index (χ0v) is 11.5. The van der Waals surface area contributed by atoms with Gasteiger partial charge in [0.15, 0.2) is 0 Å². The number of amides is 1. The van der Waals surface area contributed by atoms with Gasteiger partial charge in [-0.15, -0.1) is 0 Å². The Morgan fingerprint density at radius 2 is 2.11 bits per heavy atom. The van der Waals surface area contributed by atoms with Gasteiger partial charge in [0.1, 0.15) is 5.82 Å². The maximum Gasteiger partial charge on any atom is 0.242 e. The van der Waals surface area contributed by atoms with Crippen molar-refractivity contribution >= 4 is 23.3 Å². The van der Waals surface area contributed by atoms with Gasteiger partial charge in [-0.1, -0.05) is 11.6 Å². The third kappa shape index (κ3) is 3.42. The summed E-state index contributed by atoms with van der Waals surface area (Å²) >= 11 is 5.74. The minimum atomic E-state index is -0.294. The van der Waals surface area contributed by atoms with Gasteiger partial charge in [0.05, 0.1) is 11.1 Å². The fourth-order valence-electron chi connectivity index (χ4n) is 2.05. The van der Waals surface area contributed by atoms with Gasteiger partial charge in [0, 0.05) is 31.4 Å². The van der Waals surface area contributed by atoms with Crippen LogP contribution in [0, 0.1) is 0 Å². The number of pyridine rings is 1. The summed E-state index contributed by atoms with van der Waals surface area (Å²) in [4.78, 5) is 18.1. The number of likely N-dealkylation sites (tertiary alicyclic amines) is 1. The number of rotatable bonds is 3. The lowest BCUT2D eigenvalue weighted by Crippen LogP contribution is -2.42. The van der Waals surface area contributed by atoms with Crippen molar-refractivity contribution in [3.05, 3.63) is 23.4 Å². The van der Waals surface area contributed by atoms with Crippen molar-refractivity contribution in [1.82, 2.24) is 9.88 Å². The van der Waals surface area contributed by atoms with E-state index in [9.17, 15) is 4.79 Å². The number of anilines is 1. The smallest absolute Gasteiger partial charge is 0.242 e. The van der Waals surface area contributed by atoms with Crippen LogP contribution < -0.4 is 16.8 Å². The van der Waals surface area contributed by atoms with Crippen molar-refractivity contribution in [3.63, 3.8) is 0 Å². The Morgan fingerprint density at radius 1 is 1.47 bits per heavy atom. The van der Waals surface area contributed by atoms with Crippen LogP contribution in [0.3, 0.4) is 0 Å². The second kappa shape index (κ2) is 5.83. The van der Waals surface area contributed by atoms with E-state index in [2.05, 4.69) is 10.3 Å². The average molecular weight is 284 g/mol. The summed E-state index contributed by atoms with van der Waals surface area (Å²) in [7, 11) is 0. The van der Waals surface area contributed by atoms with Gasteiger partial charge in [0.25, 0.3) is 0 Å². The number of carbonyl (C=O) groups is 1. The third-order valence-electron chi connectivity index (χ3n) is 3.35. The summed E-state index contributed by atoms with van der Waals surface area (Å²) in [6, 6.07) is 2.88. The molecule has 0 radical (unpaired) electrons. The Labute approximate surface area is 117 Å². The number of nitrogens with two attached hydrogens (primary N) is 2. The number of hydrogen-bond acceptors (Lipinski definition) is 5. The first kappa shape index (κ1) is 14.2. The van der Waals surface area contributed by atoms with Crippen molar-refractivity contribution in [3.8, 4) is 0 Å². The van der Waals surface area contributed by atoms with Crippen LogP contribution >= 0.6 is 11.6 Å². The lowest BCUT2D eigenvalue weighted by molar-refractivity contribution is -0.120. The molecule has 1 aliphatic heterocycles. The first-order valence-electron chi connectivity index (χ1n) is 6.15. The minimum Gasteiger partial charge on any atom is -0.325 e. The minimum absolute atomic E-state index is 0.0797. The second-order valence-corrected chi connectivity index (χ2v) is 5.24. The van der Waals surface area contributed by atoms with Crippen LogP contribution in [-0.2, 0) is 4.79 Å². The highest BCUT2D eigenvalue weighted by Gasteiger charge is 2.32. The average Bonchev–Trinajstić information content (AvgIpc) is 2.71. The normalized spacial score (nSPS) is 25.3. The van der Waals surface area contributed by atoms with Gasteiger partial charge in [-0.2, -0.15) is 0 Å². The molecule has 1 aromatic rings. The van der Waals surface area contributed by atoms with Crippen LogP contribution in [0.4, 0.5) is 5.82 Å². The Morgan fingerprint density at radius 3 is 2.63 bits per heavy atom. The molecule has 0 aliphatic carbocycles. The molecule has 1 saturated heterocycles. The number of nitrogens with zero attached hydrogens (tertiary/aromatic N) is 2. The van der Waals surface area contributed by atoms with Gasteiger partial charge in [-0.3, -0.25) is 9.69 Å². The van der Waals surface area contributed by atoms with Crippen LogP contribution in [0.15, 0.2) is 18.3 Å². The van der Waals surface area contributed by atoms with E-state index in [0.717, 1.165) is 0 Å². The Kier molecular flexibility index (Phi) is 4.36. The van der Waals surface area contributed by atoms with Crippen molar-refractivity contribution in [2.45, 2.75) is 25.0 Å². The van der Waals surface area contributed by atoms with Crippen LogP contribution in [0.5, 0.6) is 0 Å². The third-order valence-corrected chi connectivity index (χ3v) is 3.57. The molecular formula is C12H18ClN5O. The van der Waals surface area contributed by atoms with Crippen molar-refractivity contribution in [2.75, 3.05) is 18.4 Å². The molecule has 3 atom stereocenters. The van der Waals surface area contributed by atoms with Crippen LogP contribution in [0.2, 0.25) is 5.02 Å². The first-order chi connectivity index (χ1) is 8.97. The summed E-state index contributed by atoms with van der Waals surface area (Å²) in [5.74, 6) is 0.352. The highest BCUT2D eigenvalue weighted by atomic mass is 35.5. The Hall–Kier alpha value is -1.21. The number of carbonyl (C=O) groups excluding carboxylic acids is 1. The van der Waals surface area contributed by atoms with Gasteiger partial charge < -0.3 is 16.8 Å². The van der Waals surface area contributed by atoms with Crippen molar-refractivity contribution in [2.24, 2.45) is 11.5 Å². The summed E-state index contributed by atoms with van der Waals surface area (Å²) in [5.41, 5.74) is 11.7. The SMILES string of the molecule is CC(C(=O)Nc1ccc(Cl)cn1)N1C[C@@H](N)[C@H](N)C1. The Balaban J connectivity index is 1.94. The number of aromatic nitrogens is 1. The quantitative estimate of drug-likeness (QED) is 0.727. The molecule has 7 heteroatoms. The van der Waals surface area contributed by atoms with E-state index in [1.54, 1.807) is 12.1 Å². The highest BCUT2D eigenvalue weighted by Crippen LogP contribution is 2.13. The van der Waals surface area contributed by atoms with Crippen molar-refractivity contribution < 1.29 is 4.79 Å². The fourth-order valence-corrected chi connectivity index (χ4v) is 2.16. The van der Waals surface area contributed by atoms with Gasteiger partial charge >= 0.3 is 0 Å². The molecule has 0 bridgehead atoms. The van der Waals surface area contributed by atoms with Crippen LogP contribution in [-0.4, -0.2) is 47.0 Å². The molecule has 2 heterocycles. The van der Waals surface area contributed by atoms with Crippen molar-refractivity contribution in [1.29, 1.82) is 0 Å². The molecule has 1 unspecified atom stereocenters. The highest BCUT2D eigenvalue weighted by molar-refractivity contribution is 6.30. The second-order valence-electron chi connectivity index (χ2n) is 4.81. The summed E-state index contributed by atoms with van der Waals surface area (Å²) in [6.07, 6.45) is 1.49. The molecule has 0 saturated carbocycles. The zero-order chi connectivity index (χ0) is 14.0. The maximum absolute atomic E-state index is 12.1. The lowest BCUT2D eigenvalue weighted by atomic mass is 10.2. The molecule has 0 spiro atoms. The van der Waals surface area contributed by atoms with E-state index in [-0.39, 0.29) is 24.0 Å². The van der Waals surface area contributed by atoms with E-state index in [1.807, 2.05) is 11.8 Å². The Bertz CT molecular complexity index is 442. The molecule has 19 heavy (non-hydrogen) atoms. The largest absolute Gasteiger partial charge is 0.325 e. The number of halogens is 1. The van der Waals surface area contributed by atoms with Gasteiger partial charge in [-0.05, 0) is 19.1 Å². The molecule has 2 rings (SSSR count). The van der Waals surface area contributed by atoms with E-state index in [0.29, 0.717) is 23.9 Å². The standard InChI is InChI=1S/C12H18ClN5O/c1-7(18-5-9(14)10(15)6-18)12(19)17-11-3-2-8(13)4-16-11/h2-4,7,9-10H,5-6,14-15H2,1H3,(H,16,17,19)/t7?,9-,10-/m1/s1. The van der Waals surface area contributed by atoms with Gasteiger partial charge in [-0.25, -0.2) is 4.98 Å². The molecule has 5 N–H and O–H groups in total. The topological polar surface area (TPSA) is 97.3 Å². The van der Waals surface area contributed by atoms with Gasteiger partial charge in [0.2, 0.25) is 5.91 Å². The van der Waals surface area contributed by atoms with Crippen LogP contribution in [0.1, 0.15) is 6.92 Å². The molecule has 1 amide bonds. The first-order valence-corrected chi connectivity index (χ1v) is 6.53. The molecule has 1 aromatic heterocycles. The van der Waals surface area contributed by atoms with E-state index in [1.165, 1.54) is 6.20 Å². The zero-order valence-electron chi connectivity index (χ0n) is 10.7. The maximum atomic E-state index is 12.1. The predicted molar refractivity (Wildman–Crippen MR) is 74.9 cm³/mol. The number of hydrogen-bond donors (Lipinski definition) is 3. The van der Waals surface area contributed by atoms with E-state index < -0.39 is 0 Å². The monoisotopic (exact) mass is 283 g/mol. The molecular weight excluding hydrogens is 266 g/mol. The molecule has 104 valence electrons. The van der Waals surface area contributed by atoms with Crippen LogP contribution in [0.25, 0.3) is 0 Å². The molecule has 6 nitrogen and oxygen atoms in total. The predicted octanol–water partition coefficient (Wildman–Crippen LogP) is 0.0322. The summed E-state index contributed by atoms with van der Waals surface area (Å²) in [6.45, 7) is 3.09. The fraction of sp³-hybridized carbons (Fsp3) is 0.500. The molecule has 1 aliphatic rings. The number of nitrogens with one attached hydrogen (secondary N) is 1. The summed E-state index contributed by atoms with van der Waals surface area (Å²) in [5, 5.41) is 3.27. The molecule has 0 aromatic carbocycles. The molecule has 1 fully saturated rings. The lowest BCUT2D eigenvalue weighted by Gasteiger charge is -2.22. The van der Waals surface area contributed by atoms with E-state index >= 15 is 0 Å².